The number of rotatable bonds is 5. The first-order valence-corrected chi connectivity index (χ1v) is 7.12. The minimum absolute atomic E-state index is 0.0781. The van der Waals surface area contributed by atoms with Crippen LogP contribution in [0.3, 0.4) is 0 Å². The van der Waals surface area contributed by atoms with Crippen LogP contribution in [0.5, 0.6) is 0 Å². The molecule has 1 unspecified atom stereocenters. The number of aromatic nitrogens is 1. The van der Waals surface area contributed by atoms with Crippen molar-refractivity contribution in [2.24, 2.45) is 5.92 Å². The summed E-state index contributed by atoms with van der Waals surface area (Å²) in [5, 5.41) is 1.85. The Kier molecular flexibility index (Phi) is 4.72. The summed E-state index contributed by atoms with van der Waals surface area (Å²) in [6.07, 6.45) is 3.51. The van der Waals surface area contributed by atoms with Crippen molar-refractivity contribution in [3.63, 3.8) is 0 Å². The van der Waals surface area contributed by atoms with Gasteiger partial charge in [-0.2, -0.15) is 0 Å². The summed E-state index contributed by atoms with van der Waals surface area (Å²) in [5.74, 6) is 0.282. The van der Waals surface area contributed by atoms with Gasteiger partial charge in [-0.3, -0.25) is 0 Å². The lowest BCUT2D eigenvalue weighted by Crippen LogP contribution is -2.17. The molecule has 0 aliphatic carbocycles. The van der Waals surface area contributed by atoms with E-state index in [-0.39, 0.29) is 12.1 Å². The molecular weight excluding hydrogens is 250 g/mol. The minimum atomic E-state index is -0.335. The van der Waals surface area contributed by atoms with Crippen LogP contribution >= 0.6 is 0 Å². The second-order valence-corrected chi connectivity index (χ2v) is 5.57. The van der Waals surface area contributed by atoms with Crippen molar-refractivity contribution >= 4 is 16.7 Å². The van der Waals surface area contributed by atoms with Crippen LogP contribution in [0.1, 0.15) is 44.1 Å². The molecule has 1 aromatic carbocycles. The molecular formula is C17H21NO2. The second-order valence-electron chi connectivity index (χ2n) is 5.57. The van der Waals surface area contributed by atoms with Crippen molar-refractivity contribution in [3.05, 3.63) is 42.2 Å². The molecule has 3 nitrogen and oxygen atoms in total. The fraction of sp³-hybridized carbons (Fsp3) is 0.412. The normalized spacial score (nSPS) is 12.6. The van der Waals surface area contributed by atoms with Crippen molar-refractivity contribution in [1.29, 1.82) is 0 Å². The number of hydrogen-bond acceptors (Lipinski definition) is 3. The van der Waals surface area contributed by atoms with Crippen LogP contribution < -0.4 is 0 Å². The molecule has 1 aromatic heterocycles. The number of carbonyl (C=O) groups is 1. The van der Waals surface area contributed by atoms with E-state index in [9.17, 15) is 4.79 Å². The SMILES string of the molecule is CC(C)CCC(C)OC(=O)c1nccc2ccccc12. The number of fused-ring (bicyclic) bond motifs is 1. The molecule has 106 valence electrons. The highest BCUT2D eigenvalue weighted by Gasteiger charge is 2.16. The van der Waals surface area contributed by atoms with Gasteiger partial charge in [-0.15, -0.1) is 0 Å². The second kappa shape index (κ2) is 6.51. The van der Waals surface area contributed by atoms with Crippen LogP contribution in [0.25, 0.3) is 10.8 Å². The van der Waals surface area contributed by atoms with Gasteiger partial charge in [0.05, 0.1) is 6.10 Å². The average molecular weight is 271 g/mol. The third-order valence-corrected chi connectivity index (χ3v) is 3.33. The summed E-state index contributed by atoms with van der Waals surface area (Å²) in [5.41, 5.74) is 0.402. The number of ether oxygens (including phenoxy) is 1. The zero-order valence-electron chi connectivity index (χ0n) is 12.3. The first-order chi connectivity index (χ1) is 9.58. The third kappa shape index (κ3) is 3.56. The Bertz CT molecular complexity index is 587. The molecule has 0 saturated carbocycles. The van der Waals surface area contributed by atoms with Crippen molar-refractivity contribution in [1.82, 2.24) is 4.98 Å². The standard InChI is InChI=1S/C17H21NO2/c1-12(2)8-9-13(3)20-17(19)16-15-7-5-4-6-14(15)10-11-18-16/h4-7,10-13H,8-9H2,1-3H3. The lowest BCUT2D eigenvalue weighted by atomic mass is 10.1. The topological polar surface area (TPSA) is 39.2 Å². The number of pyridine rings is 1. The molecule has 0 spiro atoms. The predicted octanol–water partition coefficient (Wildman–Crippen LogP) is 4.22. The van der Waals surface area contributed by atoms with E-state index in [4.69, 9.17) is 4.74 Å². The van der Waals surface area contributed by atoms with Gasteiger partial charge in [0, 0.05) is 11.6 Å². The highest BCUT2D eigenvalue weighted by Crippen LogP contribution is 2.18. The Hall–Kier alpha value is -1.90. The minimum Gasteiger partial charge on any atom is -0.458 e. The first-order valence-electron chi connectivity index (χ1n) is 7.12. The highest BCUT2D eigenvalue weighted by molar-refractivity contribution is 6.02. The lowest BCUT2D eigenvalue weighted by molar-refractivity contribution is 0.0309. The fourth-order valence-electron chi connectivity index (χ4n) is 2.15. The summed E-state index contributed by atoms with van der Waals surface area (Å²) in [6.45, 7) is 6.27. The number of hydrogen-bond donors (Lipinski definition) is 0. The van der Waals surface area contributed by atoms with E-state index in [1.54, 1.807) is 6.20 Å². The van der Waals surface area contributed by atoms with Gasteiger partial charge in [0.15, 0.2) is 5.69 Å². The largest absolute Gasteiger partial charge is 0.458 e. The van der Waals surface area contributed by atoms with Crippen LogP contribution in [-0.4, -0.2) is 17.1 Å². The number of esters is 1. The molecule has 2 rings (SSSR count). The van der Waals surface area contributed by atoms with E-state index in [0.29, 0.717) is 11.6 Å². The summed E-state index contributed by atoms with van der Waals surface area (Å²) in [4.78, 5) is 16.4. The first kappa shape index (κ1) is 14.5. The van der Waals surface area contributed by atoms with E-state index < -0.39 is 0 Å². The van der Waals surface area contributed by atoms with Gasteiger partial charge >= 0.3 is 5.97 Å². The van der Waals surface area contributed by atoms with Gasteiger partial charge in [-0.25, -0.2) is 9.78 Å². The predicted molar refractivity (Wildman–Crippen MR) is 80.7 cm³/mol. The van der Waals surface area contributed by atoms with E-state index in [2.05, 4.69) is 18.8 Å². The van der Waals surface area contributed by atoms with Gasteiger partial charge in [0.2, 0.25) is 0 Å². The maximum atomic E-state index is 12.2. The zero-order valence-corrected chi connectivity index (χ0v) is 12.3. The summed E-state index contributed by atoms with van der Waals surface area (Å²) in [7, 11) is 0. The Balaban J connectivity index is 2.11. The summed E-state index contributed by atoms with van der Waals surface area (Å²) >= 11 is 0. The van der Waals surface area contributed by atoms with Crippen molar-refractivity contribution < 1.29 is 9.53 Å². The molecule has 0 saturated heterocycles. The zero-order chi connectivity index (χ0) is 14.5. The van der Waals surface area contributed by atoms with Gasteiger partial charge in [-0.05, 0) is 37.1 Å². The molecule has 20 heavy (non-hydrogen) atoms. The quantitative estimate of drug-likeness (QED) is 0.764. The van der Waals surface area contributed by atoms with Gasteiger partial charge in [-0.1, -0.05) is 38.1 Å². The number of carbonyl (C=O) groups excluding carboxylic acids is 1. The van der Waals surface area contributed by atoms with Crippen LogP contribution in [0.15, 0.2) is 36.5 Å². The van der Waals surface area contributed by atoms with Crippen molar-refractivity contribution in [3.8, 4) is 0 Å². The molecule has 0 aliphatic heterocycles. The van der Waals surface area contributed by atoms with E-state index in [1.165, 1.54) is 0 Å². The summed E-state index contributed by atoms with van der Waals surface area (Å²) < 4.78 is 5.49. The number of nitrogens with zero attached hydrogens (tertiary/aromatic N) is 1. The Morgan fingerprint density at radius 2 is 1.90 bits per heavy atom. The lowest BCUT2D eigenvalue weighted by Gasteiger charge is -2.14. The smallest absolute Gasteiger partial charge is 0.357 e. The van der Waals surface area contributed by atoms with Crippen LogP contribution in [0.4, 0.5) is 0 Å². The maximum Gasteiger partial charge on any atom is 0.357 e. The Morgan fingerprint density at radius 1 is 1.15 bits per heavy atom. The van der Waals surface area contributed by atoms with Crippen LogP contribution in [-0.2, 0) is 4.74 Å². The Morgan fingerprint density at radius 3 is 2.65 bits per heavy atom. The van der Waals surface area contributed by atoms with E-state index in [0.717, 1.165) is 23.6 Å². The van der Waals surface area contributed by atoms with Crippen molar-refractivity contribution in [2.45, 2.75) is 39.7 Å². The molecule has 0 bridgehead atoms. The van der Waals surface area contributed by atoms with Gasteiger partial charge < -0.3 is 4.74 Å². The fourth-order valence-corrected chi connectivity index (χ4v) is 2.15. The third-order valence-electron chi connectivity index (χ3n) is 3.33. The van der Waals surface area contributed by atoms with Crippen LogP contribution in [0.2, 0.25) is 0 Å². The monoisotopic (exact) mass is 271 g/mol. The molecule has 1 heterocycles. The molecule has 0 N–H and O–H groups in total. The molecule has 3 heteroatoms. The van der Waals surface area contributed by atoms with Gasteiger partial charge in [0.1, 0.15) is 0 Å². The average Bonchev–Trinajstić information content (AvgIpc) is 2.44. The highest BCUT2D eigenvalue weighted by atomic mass is 16.5. The molecule has 0 radical (unpaired) electrons. The van der Waals surface area contributed by atoms with Gasteiger partial charge in [0.25, 0.3) is 0 Å². The summed E-state index contributed by atoms with van der Waals surface area (Å²) in [6, 6.07) is 9.62. The maximum absolute atomic E-state index is 12.2. The van der Waals surface area contributed by atoms with Crippen molar-refractivity contribution in [2.75, 3.05) is 0 Å². The Labute approximate surface area is 120 Å². The molecule has 1 atom stereocenters. The van der Waals surface area contributed by atoms with E-state index >= 15 is 0 Å². The van der Waals surface area contributed by atoms with Crippen LogP contribution in [0, 0.1) is 5.92 Å². The molecule has 0 fully saturated rings. The molecule has 2 aromatic rings. The molecule has 0 amide bonds. The molecule has 0 aliphatic rings. The number of benzene rings is 1. The van der Waals surface area contributed by atoms with E-state index in [1.807, 2.05) is 37.3 Å².